The topological polar surface area (TPSA) is 91.8 Å². The molecular formula is C29H30F7NO5S. The number of carboxylic acids is 1. The molecule has 1 saturated heterocycles. The fourth-order valence-electron chi connectivity index (χ4n) is 6.02. The summed E-state index contributed by atoms with van der Waals surface area (Å²) in [6.07, 6.45) is -11.8. The summed E-state index contributed by atoms with van der Waals surface area (Å²) < 4.78 is 121. The molecule has 1 heterocycles. The van der Waals surface area contributed by atoms with Gasteiger partial charge in [-0.25, -0.2) is 12.8 Å². The molecule has 2 aliphatic rings. The van der Waals surface area contributed by atoms with Crippen LogP contribution in [0.4, 0.5) is 30.7 Å². The number of alkyl halides is 7. The molecule has 1 aliphatic carbocycles. The van der Waals surface area contributed by atoms with Crippen LogP contribution in [-0.2, 0) is 29.8 Å². The minimum Gasteiger partial charge on any atom is -0.481 e. The van der Waals surface area contributed by atoms with Crippen molar-refractivity contribution >= 4 is 21.7 Å². The highest BCUT2D eigenvalue weighted by atomic mass is 32.2. The molecule has 1 atom stereocenters. The Morgan fingerprint density at radius 2 is 1.37 bits per heavy atom. The van der Waals surface area contributed by atoms with E-state index in [0.29, 0.717) is 5.56 Å². The molecule has 2 aromatic rings. The van der Waals surface area contributed by atoms with Crippen molar-refractivity contribution in [3.63, 3.8) is 0 Å². The fraction of sp³-hybridized carbons (Fsp3) is 0.517. The highest BCUT2D eigenvalue weighted by Gasteiger charge is 2.73. The first-order chi connectivity index (χ1) is 19.8. The molecule has 2 fully saturated rings. The van der Waals surface area contributed by atoms with Crippen LogP contribution in [0.3, 0.4) is 0 Å². The van der Waals surface area contributed by atoms with Crippen molar-refractivity contribution in [3.05, 3.63) is 64.7 Å². The average Bonchev–Trinajstić information content (AvgIpc) is 3.40. The summed E-state index contributed by atoms with van der Waals surface area (Å²) in [7, 11) is -4.42. The minimum atomic E-state index is -6.34. The van der Waals surface area contributed by atoms with Crippen molar-refractivity contribution in [2.75, 3.05) is 13.1 Å². The van der Waals surface area contributed by atoms with Crippen molar-refractivity contribution in [3.8, 4) is 0 Å². The molecule has 6 nitrogen and oxygen atoms in total. The van der Waals surface area contributed by atoms with E-state index in [0.717, 1.165) is 17.7 Å². The van der Waals surface area contributed by atoms with E-state index in [-0.39, 0.29) is 61.2 Å². The van der Waals surface area contributed by atoms with Crippen LogP contribution in [0.5, 0.6) is 0 Å². The maximum Gasteiger partial charge on any atom is 0.435 e. The monoisotopic (exact) mass is 637 g/mol. The summed E-state index contributed by atoms with van der Waals surface area (Å²) >= 11 is 0. The number of nitrogens with zero attached hydrogens (tertiary/aromatic N) is 1. The highest BCUT2D eigenvalue weighted by Crippen LogP contribution is 2.54. The third kappa shape index (κ3) is 5.51. The first-order valence-corrected chi connectivity index (χ1v) is 15.0. The van der Waals surface area contributed by atoms with E-state index in [1.165, 1.54) is 17.0 Å². The Morgan fingerprint density at radius 1 is 0.837 bits per heavy atom. The Labute approximate surface area is 243 Å². The van der Waals surface area contributed by atoms with Gasteiger partial charge in [-0.2, -0.15) is 26.3 Å². The van der Waals surface area contributed by atoms with Gasteiger partial charge in [0.2, 0.25) is 5.91 Å². The molecule has 1 saturated carbocycles. The number of likely N-dealkylation sites (tertiary alicyclic amines) is 1. The molecule has 1 aliphatic heterocycles. The summed E-state index contributed by atoms with van der Waals surface area (Å²) in [4.78, 5) is 25.9. The van der Waals surface area contributed by atoms with Crippen LogP contribution >= 0.6 is 0 Å². The Morgan fingerprint density at radius 3 is 1.86 bits per heavy atom. The molecule has 1 amide bonds. The van der Waals surface area contributed by atoms with Crippen LogP contribution in [0.1, 0.15) is 54.4 Å². The predicted molar refractivity (Wildman–Crippen MR) is 140 cm³/mol. The van der Waals surface area contributed by atoms with Crippen molar-refractivity contribution < 1.29 is 53.8 Å². The van der Waals surface area contributed by atoms with Gasteiger partial charge in [0.1, 0.15) is 4.75 Å². The highest BCUT2D eigenvalue weighted by molar-refractivity contribution is 7.92. The number of carboxylic acid groups (broad SMARTS) is 1. The standard InChI is InChI=1S/C29H30F7NO5S/c1-17-3-12-23(15-18(17)2)43(41,42)26(13-14-37(16-26)24(38)19-4-6-20(7-5-19)25(39)40)21-8-10-22(11-9-21)27(30,28(31,32)33)29(34,35)36/h3,8-12,15,19-20H,4-7,13-14,16H2,1-2H3,(H,39,40). The number of hydrogen-bond donors (Lipinski definition) is 1. The number of carbonyl (C=O) groups is 2. The normalized spacial score (nSPS) is 23.8. The van der Waals surface area contributed by atoms with E-state index in [1.54, 1.807) is 19.9 Å². The zero-order valence-corrected chi connectivity index (χ0v) is 24.0. The molecule has 1 N–H and O–H groups in total. The van der Waals surface area contributed by atoms with Crippen LogP contribution in [0.2, 0.25) is 0 Å². The van der Waals surface area contributed by atoms with Gasteiger partial charge in [-0.05, 0) is 74.8 Å². The van der Waals surface area contributed by atoms with E-state index >= 15 is 0 Å². The molecule has 1 unspecified atom stereocenters. The van der Waals surface area contributed by atoms with Crippen molar-refractivity contribution in [1.29, 1.82) is 0 Å². The molecule has 14 heteroatoms. The first-order valence-electron chi connectivity index (χ1n) is 13.5. The molecule has 0 spiro atoms. The van der Waals surface area contributed by atoms with E-state index in [1.807, 2.05) is 0 Å². The second-order valence-corrected chi connectivity index (χ2v) is 13.6. The van der Waals surface area contributed by atoms with E-state index in [9.17, 15) is 53.8 Å². The van der Waals surface area contributed by atoms with Crippen LogP contribution in [0.25, 0.3) is 0 Å². The van der Waals surface area contributed by atoms with Gasteiger partial charge in [0.15, 0.2) is 9.84 Å². The number of aliphatic carboxylic acids is 1. The zero-order chi connectivity index (χ0) is 32.2. The van der Waals surface area contributed by atoms with Crippen LogP contribution < -0.4 is 0 Å². The number of carbonyl (C=O) groups excluding carboxylic acids is 1. The van der Waals surface area contributed by atoms with Gasteiger partial charge < -0.3 is 10.0 Å². The van der Waals surface area contributed by atoms with Crippen LogP contribution in [0, 0.1) is 25.7 Å². The van der Waals surface area contributed by atoms with Crippen molar-refractivity contribution in [2.45, 2.75) is 73.6 Å². The third-order valence-corrected chi connectivity index (χ3v) is 11.3. The van der Waals surface area contributed by atoms with E-state index < -0.39 is 68.4 Å². The number of hydrogen-bond acceptors (Lipinski definition) is 4. The molecule has 2 aromatic carbocycles. The Balaban J connectivity index is 1.77. The van der Waals surface area contributed by atoms with Gasteiger partial charge in [0.25, 0.3) is 0 Å². The number of sulfone groups is 1. The second kappa shape index (κ2) is 11.1. The summed E-state index contributed by atoms with van der Waals surface area (Å²) in [6, 6.07) is 6.35. The quantitative estimate of drug-likeness (QED) is 0.371. The number of benzene rings is 2. The molecule has 43 heavy (non-hydrogen) atoms. The molecular weight excluding hydrogens is 607 g/mol. The van der Waals surface area contributed by atoms with Gasteiger partial charge in [0, 0.05) is 24.6 Å². The molecule has 0 aromatic heterocycles. The molecule has 236 valence electrons. The summed E-state index contributed by atoms with van der Waals surface area (Å²) in [5.41, 5.74) is -6.24. The average molecular weight is 638 g/mol. The lowest BCUT2D eigenvalue weighted by Gasteiger charge is -2.33. The largest absolute Gasteiger partial charge is 0.481 e. The molecule has 0 bridgehead atoms. The maximum absolute atomic E-state index is 14.7. The third-order valence-electron chi connectivity index (χ3n) is 8.86. The van der Waals surface area contributed by atoms with Crippen LogP contribution in [0.15, 0.2) is 47.4 Å². The minimum absolute atomic E-state index is 0.0817. The Kier molecular flexibility index (Phi) is 8.44. The van der Waals surface area contributed by atoms with Gasteiger partial charge >= 0.3 is 24.0 Å². The summed E-state index contributed by atoms with van der Waals surface area (Å²) in [5.74, 6) is -2.54. The number of aryl methyl sites for hydroxylation is 2. The van der Waals surface area contributed by atoms with E-state index in [4.69, 9.17) is 0 Å². The predicted octanol–water partition coefficient (Wildman–Crippen LogP) is 6.39. The second-order valence-electron chi connectivity index (χ2n) is 11.4. The molecule has 4 rings (SSSR count). The van der Waals surface area contributed by atoms with E-state index in [2.05, 4.69) is 0 Å². The lowest BCUT2D eigenvalue weighted by Crippen LogP contribution is -2.50. The Hall–Kier alpha value is -3.16. The van der Waals surface area contributed by atoms with Crippen molar-refractivity contribution in [1.82, 2.24) is 4.90 Å². The fourth-order valence-corrected chi connectivity index (χ4v) is 8.19. The van der Waals surface area contributed by atoms with Crippen LogP contribution in [-0.4, -0.2) is 55.7 Å². The maximum atomic E-state index is 14.7. The van der Waals surface area contributed by atoms with Gasteiger partial charge in [-0.15, -0.1) is 0 Å². The zero-order valence-electron chi connectivity index (χ0n) is 23.2. The van der Waals surface area contributed by atoms with Gasteiger partial charge in [0.05, 0.1) is 10.8 Å². The number of rotatable bonds is 6. The smallest absolute Gasteiger partial charge is 0.435 e. The number of amides is 1. The summed E-state index contributed by atoms with van der Waals surface area (Å²) in [6.45, 7) is 2.89. The van der Waals surface area contributed by atoms with Gasteiger partial charge in [-0.1, -0.05) is 30.3 Å². The van der Waals surface area contributed by atoms with Crippen molar-refractivity contribution in [2.24, 2.45) is 11.8 Å². The number of halogens is 7. The summed E-state index contributed by atoms with van der Waals surface area (Å²) in [5, 5.41) is 9.25. The lowest BCUT2D eigenvalue weighted by molar-refractivity contribution is -0.348. The molecule has 0 radical (unpaired) electrons. The lowest BCUT2D eigenvalue weighted by atomic mass is 9.81. The first kappa shape index (κ1) is 32.7. The SMILES string of the molecule is Cc1ccc(S(=O)(=O)C2(c3ccc(C(F)(C(F)(F)F)C(F)(F)F)cc3)CCN(C(=O)C3CCC(C(=O)O)CC3)C2)cc1C. The Bertz CT molecular complexity index is 1480. The van der Waals surface area contributed by atoms with Gasteiger partial charge in [-0.3, -0.25) is 9.59 Å².